The van der Waals surface area contributed by atoms with E-state index in [-0.39, 0.29) is 21.7 Å². The van der Waals surface area contributed by atoms with Crippen LogP contribution in [0.4, 0.5) is 0 Å². The maximum atomic E-state index is 5.63. The molecule has 3 aromatic heterocycles. The number of hydrogen-bond donors (Lipinski definition) is 1. The first-order chi connectivity index (χ1) is 30.7. The molecular weight excluding hydrogens is 787 g/mol. The lowest BCUT2D eigenvalue weighted by molar-refractivity contribution is 0.569. The van der Waals surface area contributed by atoms with E-state index >= 15 is 0 Å². The second-order valence-corrected chi connectivity index (χ2v) is 22.2. The van der Waals surface area contributed by atoms with Crippen molar-refractivity contribution in [2.75, 3.05) is 0 Å². The molecule has 3 heterocycles. The van der Waals surface area contributed by atoms with Crippen molar-refractivity contribution in [3.8, 4) is 67.2 Å². The normalized spacial score (nSPS) is 12.6. The molecule has 9 rings (SSSR count). The van der Waals surface area contributed by atoms with Crippen molar-refractivity contribution >= 4 is 21.8 Å². The predicted octanol–water partition coefficient (Wildman–Crippen LogP) is 17.3. The minimum atomic E-state index is -0.0862. The second-order valence-electron chi connectivity index (χ2n) is 22.2. The summed E-state index contributed by atoms with van der Waals surface area (Å²) in [7, 11) is 0. The fourth-order valence-corrected chi connectivity index (χ4v) is 8.84. The third kappa shape index (κ3) is 8.94. The van der Waals surface area contributed by atoms with Gasteiger partial charge in [-0.05, 0) is 132 Å². The summed E-state index contributed by atoms with van der Waals surface area (Å²) in [6, 6.07) is 55.9. The number of nitrogens with one attached hydrogen (secondary N) is 1. The number of nitrogens with zero attached hydrogens (tertiary/aromatic N) is 2. The van der Waals surface area contributed by atoms with E-state index in [1.807, 2.05) is 6.20 Å². The monoisotopic (exact) mass is 850 g/mol. The van der Waals surface area contributed by atoms with Crippen molar-refractivity contribution in [2.24, 2.45) is 0 Å². The first-order valence-electron chi connectivity index (χ1n) is 23.2. The van der Waals surface area contributed by atoms with Crippen LogP contribution in [0, 0.1) is 0 Å². The summed E-state index contributed by atoms with van der Waals surface area (Å²) in [6.45, 7) is 27.7. The van der Waals surface area contributed by atoms with Gasteiger partial charge in [0.05, 0.1) is 22.6 Å². The van der Waals surface area contributed by atoms with Crippen molar-refractivity contribution in [3.05, 3.63) is 180 Å². The van der Waals surface area contributed by atoms with Gasteiger partial charge in [-0.1, -0.05) is 180 Å². The number of pyridine rings is 2. The lowest BCUT2D eigenvalue weighted by Crippen LogP contribution is -2.16. The van der Waals surface area contributed by atoms with Crippen LogP contribution < -0.4 is 0 Å². The molecule has 0 aliphatic carbocycles. The molecule has 0 aliphatic heterocycles. The molecule has 0 unspecified atom stereocenters. The van der Waals surface area contributed by atoms with Gasteiger partial charge < -0.3 is 4.98 Å². The zero-order valence-corrected chi connectivity index (χ0v) is 40.4. The van der Waals surface area contributed by atoms with Crippen LogP contribution in [-0.2, 0) is 21.7 Å². The lowest BCUT2D eigenvalue weighted by atomic mass is 9.79. The van der Waals surface area contributed by atoms with Gasteiger partial charge in [-0.2, -0.15) is 0 Å². The standard InChI is InChI=1S/C62H63N3/c1-59(2,3)47-25-26-54-51(36-47)52-37-50(62(10,11)12)38-53(58(52)65-54)57-34-46(45-30-48(60(4,5)6)35-49(31-45)61(7,8)9)33-56(64-57)44-20-16-19-43(29-44)55-32-42(27-28-63-55)41-23-21-40(22-24-41)39-17-14-13-15-18-39/h13-38,65H,1-12H3. The molecule has 6 aromatic carbocycles. The summed E-state index contributed by atoms with van der Waals surface area (Å²) in [5.74, 6) is 0. The van der Waals surface area contributed by atoms with Crippen molar-refractivity contribution < 1.29 is 0 Å². The molecule has 0 amide bonds. The summed E-state index contributed by atoms with van der Waals surface area (Å²) < 4.78 is 0. The fraction of sp³-hybridized carbons (Fsp3) is 0.258. The molecule has 0 bridgehead atoms. The molecule has 65 heavy (non-hydrogen) atoms. The first-order valence-corrected chi connectivity index (χ1v) is 23.2. The Labute approximate surface area is 387 Å². The van der Waals surface area contributed by atoms with Crippen LogP contribution in [0.1, 0.15) is 105 Å². The molecular formula is C62H63N3. The molecule has 0 fully saturated rings. The van der Waals surface area contributed by atoms with Crippen molar-refractivity contribution in [3.63, 3.8) is 0 Å². The Hall–Kier alpha value is -6.58. The molecule has 326 valence electrons. The lowest BCUT2D eigenvalue weighted by Gasteiger charge is -2.26. The van der Waals surface area contributed by atoms with Crippen molar-refractivity contribution in [1.82, 2.24) is 15.0 Å². The number of H-pyrrole nitrogens is 1. The van der Waals surface area contributed by atoms with E-state index in [4.69, 9.17) is 9.97 Å². The van der Waals surface area contributed by atoms with Gasteiger partial charge in [0.15, 0.2) is 0 Å². The smallest absolute Gasteiger partial charge is 0.0736 e. The number of fused-ring (bicyclic) bond motifs is 3. The highest BCUT2D eigenvalue weighted by Crippen LogP contribution is 2.42. The van der Waals surface area contributed by atoms with E-state index in [0.29, 0.717) is 0 Å². The van der Waals surface area contributed by atoms with Crippen LogP contribution in [-0.4, -0.2) is 15.0 Å². The maximum absolute atomic E-state index is 5.63. The van der Waals surface area contributed by atoms with Gasteiger partial charge in [-0.15, -0.1) is 0 Å². The van der Waals surface area contributed by atoms with E-state index in [2.05, 4.69) is 240 Å². The maximum Gasteiger partial charge on any atom is 0.0736 e. The Morgan fingerprint density at radius 1 is 0.338 bits per heavy atom. The molecule has 0 radical (unpaired) electrons. The molecule has 0 saturated heterocycles. The Kier molecular flexibility index (Phi) is 10.8. The SMILES string of the molecule is CC(C)(C)c1cc(-c2cc(-c3cccc(-c4cc(-c5ccc(-c6ccccc6)cc5)ccn4)c3)nc(-c3cc(C(C)(C)C)cc4c3[nH]c3ccc(C(C)(C)C)cc34)c2)cc(C(C)(C)C)c1. The third-order valence-electron chi connectivity index (χ3n) is 13.1. The molecule has 1 N–H and O–H groups in total. The van der Waals surface area contributed by atoms with E-state index in [9.17, 15) is 0 Å². The highest BCUT2D eigenvalue weighted by molar-refractivity contribution is 6.12. The molecule has 9 aromatic rings. The first kappa shape index (κ1) is 43.7. The van der Waals surface area contributed by atoms with Gasteiger partial charge in [0.25, 0.3) is 0 Å². The summed E-state index contributed by atoms with van der Waals surface area (Å²) >= 11 is 0. The van der Waals surface area contributed by atoms with E-state index in [0.717, 1.165) is 61.5 Å². The highest BCUT2D eigenvalue weighted by atomic mass is 14.8. The van der Waals surface area contributed by atoms with Crippen LogP contribution >= 0.6 is 0 Å². The number of aromatic nitrogens is 3. The summed E-state index contributed by atoms with van der Waals surface area (Å²) in [6.07, 6.45) is 1.92. The van der Waals surface area contributed by atoms with Gasteiger partial charge in [-0.3, -0.25) is 4.98 Å². The molecule has 0 saturated carbocycles. The number of benzene rings is 6. The molecule has 0 aliphatic rings. The zero-order valence-electron chi connectivity index (χ0n) is 40.4. The number of rotatable bonds is 6. The Bertz CT molecular complexity index is 3180. The fourth-order valence-electron chi connectivity index (χ4n) is 8.84. The van der Waals surface area contributed by atoms with Crippen LogP contribution in [0.15, 0.2) is 158 Å². The second kappa shape index (κ2) is 16.1. The topological polar surface area (TPSA) is 41.6 Å². The third-order valence-corrected chi connectivity index (χ3v) is 13.1. The quantitative estimate of drug-likeness (QED) is 0.181. The minimum Gasteiger partial charge on any atom is -0.354 e. The Morgan fingerprint density at radius 3 is 1.48 bits per heavy atom. The van der Waals surface area contributed by atoms with Gasteiger partial charge >= 0.3 is 0 Å². The van der Waals surface area contributed by atoms with E-state index in [1.54, 1.807) is 0 Å². The van der Waals surface area contributed by atoms with Gasteiger partial charge in [0.1, 0.15) is 0 Å². The van der Waals surface area contributed by atoms with Crippen molar-refractivity contribution in [1.29, 1.82) is 0 Å². The summed E-state index contributed by atoms with van der Waals surface area (Å²) in [4.78, 5) is 14.4. The molecule has 3 nitrogen and oxygen atoms in total. The van der Waals surface area contributed by atoms with Crippen LogP contribution in [0.25, 0.3) is 89.0 Å². The highest BCUT2D eigenvalue weighted by Gasteiger charge is 2.25. The summed E-state index contributed by atoms with van der Waals surface area (Å²) in [5.41, 5.74) is 20.4. The Balaban J connectivity index is 1.23. The predicted molar refractivity (Wildman–Crippen MR) is 279 cm³/mol. The van der Waals surface area contributed by atoms with Gasteiger partial charge in [0, 0.05) is 39.2 Å². The number of hydrogen-bond acceptors (Lipinski definition) is 2. The zero-order chi connectivity index (χ0) is 46.1. The number of aromatic amines is 1. The largest absolute Gasteiger partial charge is 0.354 e. The Morgan fingerprint density at radius 2 is 0.846 bits per heavy atom. The average Bonchev–Trinajstić information content (AvgIpc) is 3.66. The van der Waals surface area contributed by atoms with Crippen LogP contribution in [0.2, 0.25) is 0 Å². The summed E-state index contributed by atoms with van der Waals surface area (Å²) in [5, 5.41) is 2.48. The van der Waals surface area contributed by atoms with Crippen molar-refractivity contribution in [2.45, 2.75) is 105 Å². The molecule has 3 heteroatoms. The average molecular weight is 850 g/mol. The van der Waals surface area contributed by atoms with Crippen LogP contribution in [0.3, 0.4) is 0 Å². The van der Waals surface area contributed by atoms with E-state index < -0.39 is 0 Å². The van der Waals surface area contributed by atoms with Gasteiger partial charge in [-0.25, -0.2) is 4.98 Å². The van der Waals surface area contributed by atoms with Crippen LogP contribution in [0.5, 0.6) is 0 Å². The molecule has 0 atom stereocenters. The van der Waals surface area contributed by atoms with Gasteiger partial charge in [0.2, 0.25) is 0 Å². The van der Waals surface area contributed by atoms with E-state index in [1.165, 1.54) is 49.7 Å². The molecule has 0 spiro atoms. The minimum absolute atomic E-state index is 0.0278.